The van der Waals surface area contributed by atoms with E-state index in [-0.39, 0.29) is 11.5 Å². The molecule has 0 aliphatic carbocycles. The lowest BCUT2D eigenvalue weighted by Crippen LogP contribution is -2.39. The van der Waals surface area contributed by atoms with Crippen LogP contribution >= 0.6 is 0 Å². The molecule has 1 aliphatic heterocycles. The first-order valence-corrected chi connectivity index (χ1v) is 8.07. The summed E-state index contributed by atoms with van der Waals surface area (Å²) in [5.74, 6) is 0.734. The van der Waals surface area contributed by atoms with Gasteiger partial charge in [-0.1, -0.05) is 26.0 Å². The molecule has 120 valence electrons. The Hall–Kier alpha value is -1.84. The van der Waals surface area contributed by atoms with Crippen LogP contribution in [0.25, 0.3) is 0 Å². The minimum Gasteiger partial charge on any atom is -0.478 e. The largest absolute Gasteiger partial charge is 0.478 e. The molecule has 1 amide bonds. The van der Waals surface area contributed by atoms with Gasteiger partial charge in [-0.05, 0) is 48.8 Å². The third-order valence-corrected chi connectivity index (χ3v) is 4.66. The third-order valence-electron chi connectivity index (χ3n) is 4.66. The summed E-state index contributed by atoms with van der Waals surface area (Å²) in [6, 6.07) is 6.77. The van der Waals surface area contributed by atoms with E-state index in [0.717, 1.165) is 37.4 Å². The summed E-state index contributed by atoms with van der Waals surface area (Å²) in [7, 11) is 0. The number of amides is 1. The normalized spacial score (nSPS) is 16.0. The highest BCUT2D eigenvalue weighted by molar-refractivity contribution is 5.87. The molecule has 0 atom stereocenters. The van der Waals surface area contributed by atoms with Crippen LogP contribution in [0, 0.1) is 11.8 Å². The summed E-state index contributed by atoms with van der Waals surface area (Å²) >= 11 is 0. The van der Waals surface area contributed by atoms with E-state index < -0.39 is 5.97 Å². The van der Waals surface area contributed by atoms with Crippen molar-refractivity contribution in [2.75, 3.05) is 13.1 Å². The van der Waals surface area contributed by atoms with E-state index in [1.165, 1.54) is 0 Å². The van der Waals surface area contributed by atoms with Gasteiger partial charge in [-0.2, -0.15) is 0 Å². The van der Waals surface area contributed by atoms with Gasteiger partial charge in [-0.15, -0.1) is 0 Å². The van der Waals surface area contributed by atoms with Crippen molar-refractivity contribution in [2.45, 2.75) is 39.5 Å². The zero-order chi connectivity index (χ0) is 16.1. The van der Waals surface area contributed by atoms with Crippen LogP contribution in [0.15, 0.2) is 24.3 Å². The summed E-state index contributed by atoms with van der Waals surface area (Å²) in [5, 5.41) is 8.86. The van der Waals surface area contributed by atoms with Gasteiger partial charge in [0.15, 0.2) is 0 Å². The molecule has 0 bridgehead atoms. The van der Waals surface area contributed by atoms with Crippen molar-refractivity contribution in [1.82, 2.24) is 4.90 Å². The molecule has 4 heteroatoms. The van der Waals surface area contributed by atoms with Crippen LogP contribution in [0.4, 0.5) is 0 Å². The fourth-order valence-electron chi connectivity index (χ4n) is 3.04. The van der Waals surface area contributed by atoms with Gasteiger partial charge in [0.1, 0.15) is 0 Å². The molecule has 1 heterocycles. The minimum atomic E-state index is -0.921. The Morgan fingerprint density at radius 3 is 2.27 bits per heavy atom. The van der Waals surface area contributed by atoms with E-state index in [2.05, 4.69) is 13.8 Å². The quantitative estimate of drug-likeness (QED) is 0.908. The zero-order valence-corrected chi connectivity index (χ0v) is 13.4. The van der Waals surface area contributed by atoms with Crippen LogP contribution in [0.2, 0.25) is 0 Å². The van der Waals surface area contributed by atoms with E-state index in [1.807, 2.05) is 4.90 Å². The number of carbonyl (C=O) groups is 2. The van der Waals surface area contributed by atoms with Gasteiger partial charge in [-0.3, -0.25) is 4.79 Å². The van der Waals surface area contributed by atoms with Gasteiger partial charge in [-0.25, -0.2) is 4.79 Å². The fourth-order valence-corrected chi connectivity index (χ4v) is 3.04. The summed E-state index contributed by atoms with van der Waals surface area (Å²) < 4.78 is 0. The Labute approximate surface area is 132 Å². The van der Waals surface area contributed by atoms with E-state index in [4.69, 9.17) is 5.11 Å². The van der Waals surface area contributed by atoms with Crippen molar-refractivity contribution in [3.8, 4) is 0 Å². The minimum absolute atomic E-state index is 0.213. The van der Waals surface area contributed by atoms with Crippen LogP contribution in [-0.4, -0.2) is 35.0 Å². The van der Waals surface area contributed by atoms with Gasteiger partial charge in [0.2, 0.25) is 5.91 Å². The molecule has 2 rings (SSSR count). The van der Waals surface area contributed by atoms with Crippen LogP contribution in [0.5, 0.6) is 0 Å². The maximum absolute atomic E-state index is 12.3. The topological polar surface area (TPSA) is 57.6 Å². The van der Waals surface area contributed by atoms with Crippen molar-refractivity contribution in [3.63, 3.8) is 0 Å². The number of aromatic carboxylic acids is 1. The summed E-state index contributed by atoms with van der Waals surface area (Å²) in [6.07, 6.45) is 3.38. The SMILES string of the molecule is CC(C)C1CCN(C(=O)CCc2ccc(C(=O)O)cc2)CC1. The van der Waals surface area contributed by atoms with Crippen molar-refractivity contribution < 1.29 is 14.7 Å². The molecule has 1 saturated heterocycles. The number of likely N-dealkylation sites (tertiary alicyclic amines) is 1. The second-order valence-corrected chi connectivity index (χ2v) is 6.46. The lowest BCUT2D eigenvalue weighted by molar-refractivity contribution is -0.132. The molecule has 0 saturated carbocycles. The Balaban J connectivity index is 1.79. The van der Waals surface area contributed by atoms with Gasteiger partial charge in [0.25, 0.3) is 0 Å². The standard InChI is InChI=1S/C18H25NO3/c1-13(2)15-9-11-19(12-10-15)17(20)8-5-14-3-6-16(7-4-14)18(21)22/h3-4,6-7,13,15H,5,8-12H2,1-2H3,(H,21,22). The fraction of sp³-hybridized carbons (Fsp3) is 0.556. The highest BCUT2D eigenvalue weighted by atomic mass is 16.4. The van der Waals surface area contributed by atoms with Crippen molar-refractivity contribution in [3.05, 3.63) is 35.4 Å². The predicted molar refractivity (Wildman–Crippen MR) is 85.9 cm³/mol. The lowest BCUT2D eigenvalue weighted by atomic mass is 9.86. The summed E-state index contributed by atoms with van der Waals surface area (Å²) in [4.78, 5) is 25.0. The molecule has 0 radical (unpaired) electrons. The summed E-state index contributed by atoms with van der Waals surface area (Å²) in [5.41, 5.74) is 1.29. The van der Waals surface area contributed by atoms with Crippen molar-refractivity contribution in [1.29, 1.82) is 0 Å². The number of nitrogens with zero attached hydrogens (tertiary/aromatic N) is 1. The first-order valence-electron chi connectivity index (χ1n) is 8.07. The van der Waals surface area contributed by atoms with E-state index in [0.29, 0.717) is 18.8 Å². The maximum Gasteiger partial charge on any atom is 0.335 e. The van der Waals surface area contributed by atoms with Gasteiger partial charge >= 0.3 is 5.97 Å². The van der Waals surface area contributed by atoms with Crippen LogP contribution in [0.1, 0.15) is 49.0 Å². The number of piperidine rings is 1. The number of benzene rings is 1. The van der Waals surface area contributed by atoms with Crippen LogP contribution < -0.4 is 0 Å². The van der Waals surface area contributed by atoms with Gasteiger partial charge < -0.3 is 10.0 Å². The molecule has 1 aromatic rings. The Bertz CT molecular complexity index is 514. The van der Waals surface area contributed by atoms with Crippen LogP contribution in [0.3, 0.4) is 0 Å². The molecule has 1 aromatic carbocycles. The Morgan fingerprint density at radius 2 is 1.77 bits per heavy atom. The highest BCUT2D eigenvalue weighted by Crippen LogP contribution is 2.24. The first kappa shape index (κ1) is 16.5. The second kappa shape index (κ2) is 7.43. The molecule has 0 aromatic heterocycles. The van der Waals surface area contributed by atoms with Crippen molar-refractivity contribution in [2.24, 2.45) is 11.8 Å². The smallest absolute Gasteiger partial charge is 0.335 e. The Kier molecular flexibility index (Phi) is 5.58. The maximum atomic E-state index is 12.3. The first-order chi connectivity index (χ1) is 10.5. The average Bonchev–Trinajstić information content (AvgIpc) is 2.53. The summed E-state index contributed by atoms with van der Waals surface area (Å²) in [6.45, 7) is 6.26. The van der Waals surface area contributed by atoms with Gasteiger partial charge in [0, 0.05) is 19.5 Å². The molecule has 1 aliphatic rings. The zero-order valence-electron chi connectivity index (χ0n) is 13.4. The molecular formula is C18H25NO3. The molecular weight excluding hydrogens is 278 g/mol. The third kappa shape index (κ3) is 4.33. The number of carboxylic acid groups (broad SMARTS) is 1. The molecule has 1 N–H and O–H groups in total. The van der Waals surface area contributed by atoms with Crippen molar-refractivity contribution >= 4 is 11.9 Å². The molecule has 4 nitrogen and oxygen atoms in total. The van der Waals surface area contributed by atoms with E-state index in [9.17, 15) is 9.59 Å². The number of hydrogen-bond donors (Lipinski definition) is 1. The second-order valence-electron chi connectivity index (χ2n) is 6.46. The van der Waals surface area contributed by atoms with Crippen LogP contribution in [-0.2, 0) is 11.2 Å². The number of carboxylic acids is 1. The monoisotopic (exact) mass is 303 g/mol. The number of carbonyl (C=O) groups excluding carboxylic acids is 1. The Morgan fingerprint density at radius 1 is 1.18 bits per heavy atom. The van der Waals surface area contributed by atoms with E-state index in [1.54, 1.807) is 24.3 Å². The number of hydrogen-bond acceptors (Lipinski definition) is 2. The highest BCUT2D eigenvalue weighted by Gasteiger charge is 2.24. The number of aryl methyl sites for hydroxylation is 1. The number of rotatable bonds is 5. The molecule has 22 heavy (non-hydrogen) atoms. The molecule has 0 unspecified atom stereocenters. The van der Waals surface area contributed by atoms with Gasteiger partial charge in [0.05, 0.1) is 5.56 Å². The predicted octanol–water partition coefficient (Wildman–Crippen LogP) is 3.21. The molecule has 0 spiro atoms. The molecule has 1 fully saturated rings. The average molecular weight is 303 g/mol. The lowest BCUT2D eigenvalue weighted by Gasteiger charge is -2.34. The van der Waals surface area contributed by atoms with E-state index >= 15 is 0 Å².